The molecule has 2 aromatic rings. The van der Waals surface area contributed by atoms with Gasteiger partial charge in [-0.25, -0.2) is 4.98 Å². The number of thiazole rings is 1. The summed E-state index contributed by atoms with van der Waals surface area (Å²) in [5, 5.41) is 2.09. The standard InChI is InChI=1S/C14H16BrNS/c1-9-7-10(14(2,3)4)5-6-11(9)12-8-17-13(15)16-12/h5-8H,1-4H3. The first-order valence-corrected chi connectivity index (χ1v) is 7.28. The number of rotatable bonds is 1. The van der Waals surface area contributed by atoms with Crippen LogP contribution in [-0.2, 0) is 5.41 Å². The highest BCUT2D eigenvalue weighted by Crippen LogP contribution is 2.31. The SMILES string of the molecule is Cc1cc(C(C)(C)C)ccc1-c1csc(Br)n1. The van der Waals surface area contributed by atoms with Crippen molar-refractivity contribution in [2.45, 2.75) is 33.1 Å². The zero-order valence-corrected chi connectivity index (χ0v) is 12.9. The third-order valence-corrected chi connectivity index (χ3v) is 4.21. The smallest absolute Gasteiger partial charge is 0.159 e. The molecule has 0 unspecified atom stereocenters. The molecule has 0 radical (unpaired) electrons. The van der Waals surface area contributed by atoms with Crippen LogP contribution in [0.25, 0.3) is 11.3 Å². The lowest BCUT2D eigenvalue weighted by atomic mass is 9.85. The molecule has 1 heterocycles. The molecular formula is C14H16BrNS. The van der Waals surface area contributed by atoms with Gasteiger partial charge in [-0.15, -0.1) is 11.3 Å². The maximum absolute atomic E-state index is 4.47. The topological polar surface area (TPSA) is 12.9 Å². The molecule has 0 spiro atoms. The van der Waals surface area contributed by atoms with Crippen molar-refractivity contribution in [3.05, 3.63) is 38.6 Å². The van der Waals surface area contributed by atoms with Crippen molar-refractivity contribution in [2.75, 3.05) is 0 Å². The zero-order valence-electron chi connectivity index (χ0n) is 10.5. The van der Waals surface area contributed by atoms with Gasteiger partial charge in [0.25, 0.3) is 0 Å². The lowest BCUT2D eigenvalue weighted by Crippen LogP contribution is -2.11. The highest BCUT2D eigenvalue weighted by Gasteiger charge is 2.15. The molecule has 90 valence electrons. The van der Waals surface area contributed by atoms with E-state index in [2.05, 4.69) is 72.2 Å². The number of halogens is 1. The molecule has 0 saturated heterocycles. The molecule has 2 rings (SSSR count). The van der Waals surface area contributed by atoms with Gasteiger partial charge < -0.3 is 0 Å². The van der Waals surface area contributed by atoms with E-state index in [1.54, 1.807) is 11.3 Å². The molecule has 0 N–H and O–H groups in total. The Morgan fingerprint density at radius 3 is 2.41 bits per heavy atom. The molecule has 0 fully saturated rings. The monoisotopic (exact) mass is 309 g/mol. The van der Waals surface area contributed by atoms with E-state index >= 15 is 0 Å². The highest BCUT2D eigenvalue weighted by molar-refractivity contribution is 9.11. The summed E-state index contributed by atoms with van der Waals surface area (Å²) in [6.45, 7) is 8.86. The molecular weight excluding hydrogens is 294 g/mol. The molecule has 0 atom stereocenters. The predicted octanol–water partition coefficient (Wildman–Crippen LogP) is 5.18. The average molecular weight is 310 g/mol. The molecule has 0 aliphatic heterocycles. The number of aryl methyl sites for hydroxylation is 1. The summed E-state index contributed by atoms with van der Waals surface area (Å²) in [7, 11) is 0. The molecule has 0 aliphatic rings. The first-order chi connectivity index (χ1) is 7.88. The van der Waals surface area contributed by atoms with Crippen LogP contribution in [0.4, 0.5) is 0 Å². The van der Waals surface area contributed by atoms with Gasteiger partial charge in [0.15, 0.2) is 3.92 Å². The second-order valence-corrected chi connectivity index (χ2v) is 7.40. The van der Waals surface area contributed by atoms with Crippen molar-refractivity contribution in [2.24, 2.45) is 0 Å². The van der Waals surface area contributed by atoms with E-state index in [1.165, 1.54) is 16.7 Å². The van der Waals surface area contributed by atoms with Gasteiger partial charge in [-0.1, -0.05) is 39.0 Å². The fourth-order valence-electron chi connectivity index (χ4n) is 1.79. The Hall–Kier alpha value is -0.670. The van der Waals surface area contributed by atoms with Crippen LogP contribution >= 0.6 is 27.3 Å². The van der Waals surface area contributed by atoms with Crippen molar-refractivity contribution in [1.29, 1.82) is 0 Å². The number of hydrogen-bond acceptors (Lipinski definition) is 2. The van der Waals surface area contributed by atoms with E-state index < -0.39 is 0 Å². The molecule has 3 heteroatoms. The normalized spacial score (nSPS) is 11.8. The minimum absolute atomic E-state index is 0.200. The molecule has 1 aromatic carbocycles. The van der Waals surface area contributed by atoms with E-state index in [0.717, 1.165) is 9.61 Å². The Bertz CT molecular complexity index is 537. The van der Waals surface area contributed by atoms with Gasteiger partial charge in [-0.05, 0) is 39.4 Å². The second-order valence-electron chi connectivity index (χ2n) is 5.27. The van der Waals surface area contributed by atoms with Gasteiger partial charge in [0.2, 0.25) is 0 Å². The number of nitrogens with zero attached hydrogens (tertiary/aromatic N) is 1. The Morgan fingerprint density at radius 2 is 1.94 bits per heavy atom. The van der Waals surface area contributed by atoms with Crippen molar-refractivity contribution in [1.82, 2.24) is 4.98 Å². The Morgan fingerprint density at radius 1 is 1.24 bits per heavy atom. The quantitative estimate of drug-likeness (QED) is 0.707. The maximum Gasteiger partial charge on any atom is 0.159 e. The van der Waals surface area contributed by atoms with Crippen LogP contribution in [0.15, 0.2) is 27.5 Å². The number of benzene rings is 1. The highest BCUT2D eigenvalue weighted by atomic mass is 79.9. The van der Waals surface area contributed by atoms with Crippen LogP contribution in [0.3, 0.4) is 0 Å². The first-order valence-electron chi connectivity index (χ1n) is 5.60. The molecule has 1 aromatic heterocycles. The van der Waals surface area contributed by atoms with Gasteiger partial charge in [0.1, 0.15) is 0 Å². The van der Waals surface area contributed by atoms with Gasteiger partial charge in [-0.3, -0.25) is 0 Å². The van der Waals surface area contributed by atoms with Crippen molar-refractivity contribution < 1.29 is 0 Å². The molecule has 1 nitrogen and oxygen atoms in total. The Labute approximate surface area is 115 Å². The number of hydrogen-bond donors (Lipinski definition) is 0. The van der Waals surface area contributed by atoms with Crippen LogP contribution in [0.5, 0.6) is 0 Å². The van der Waals surface area contributed by atoms with Gasteiger partial charge in [0.05, 0.1) is 5.69 Å². The third-order valence-electron chi connectivity index (χ3n) is 2.84. The van der Waals surface area contributed by atoms with E-state index in [9.17, 15) is 0 Å². The lowest BCUT2D eigenvalue weighted by molar-refractivity contribution is 0.590. The summed E-state index contributed by atoms with van der Waals surface area (Å²) in [6.07, 6.45) is 0. The summed E-state index contributed by atoms with van der Waals surface area (Å²) in [6, 6.07) is 6.65. The van der Waals surface area contributed by atoms with Crippen LogP contribution in [0, 0.1) is 6.92 Å². The van der Waals surface area contributed by atoms with Gasteiger partial charge in [-0.2, -0.15) is 0 Å². The summed E-state index contributed by atoms with van der Waals surface area (Å²) >= 11 is 5.03. The minimum Gasteiger partial charge on any atom is -0.229 e. The van der Waals surface area contributed by atoms with Crippen molar-refractivity contribution in [3.63, 3.8) is 0 Å². The predicted molar refractivity (Wildman–Crippen MR) is 78.7 cm³/mol. The molecule has 0 bridgehead atoms. The molecule has 0 aliphatic carbocycles. The zero-order chi connectivity index (χ0) is 12.6. The van der Waals surface area contributed by atoms with Gasteiger partial charge in [0, 0.05) is 10.9 Å². The lowest BCUT2D eigenvalue weighted by Gasteiger charge is -2.20. The second kappa shape index (κ2) is 4.54. The Balaban J connectivity index is 2.45. The fraction of sp³-hybridized carbons (Fsp3) is 0.357. The first kappa shape index (κ1) is 12.8. The van der Waals surface area contributed by atoms with Crippen LogP contribution in [0.1, 0.15) is 31.9 Å². The summed E-state index contributed by atoms with van der Waals surface area (Å²) < 4.78 is 0.937. The van der Waals surface area contributed by atoms with E-state index in [1.807, 2.05) is 0 Å². The molecule has 0 amide bonds. The van der Waals surface area contributed by atoms with Crippen molar-refractivity contribution >= 4 is 27.3 Å². The Kier molecular flexibility index (Phi) is 3.41. The number of aromatic nitrogens is 1. The fourth-order valence-corrected chi connectivity index (χ4v) is 2.80. The summed E-state index contributed by atoms with van der Waals surface area (Å²) in [4.78, 5) is 4.47. The molecule has 17 heavy (non-hydrogen) atoms. The molecule has 0 saturated carbocycles. The van der Waals surface area contributed by atoms with Crippen molar-refractivity contribution in [3.8, 4) is 11.3 Å². The largest absolute Gasteiger partial charge is 0.229 e. The maximum atomic E-state index is 4.47. The summed E-state index contributed by atoms with van der Waals surface area (Å²) in [5.74, 6) is 0. The average Bonchev–Trinajstić information content (AvgIpc) is 2.63. The summed E-state index contributed by atoms with van der Waals surface area (Å²) in [5.41, 5.74) is 5.13. The van der Waals surface area contributed by atoms with Crippen LogP contribution in [-0.4, -0.2) is 4.98 Å². The van der Waals surface area contributed by atoms with E-state index in [4.69, 9.17) is 0 Å². The van der Waals surface area contributed by atoms with Gasteiger partial charge >= 0.3 is 0 Å². The van der Waals surface area contributed by atoms with E-state index in [0.29, 0.717) is 0 Å². The third kappa shape index (κ3) is 2.78. The minimum atomic E-state index is 0.200. The van der Waals surface area contributed by atoms with E-state index in [-0.39, 0.29) is 5.41 Å². The van der Waals surface area contributed by atoms with Crippen LogP contribution in [0.2, 0.25) is 0 Å². The van der Waals surface area contributed by atoms with Crippen LogP contribution < -0.4 is 0 Å².